The van der Waals surface area contributed by atoms with E-state index in [-0.39, 0.29) is 11.3 Å². The number of alkyl halides is 3. The van der Waals surface area contributed by atoms with Gasteiger partial charge in [-0.15, -0.1) is 0 Å². The van der Waals surface area contributed by atoms with Crippen LogP contribution in [0.5, 0.6) is 0 Å². The number of hydrogen-bond donors (Lipinski definition) is 2. The van der Waals surface area contributed by atoms with E-state index < -0.39 is 23.2 Å². The first-order chi connectivity index (χ1) is 11.7. The maximum absolute atomic E-state index is 12.8. The van der Waals surface area contributed by atoms with E-state index in [1.165, 1.54) is 12.1 Å². The van der Waals surface area contributed by atoms with Gasteiger partial charge in [-0.1, -0.05) is 28.1 Å². The Morgan fingerprint density at radius 1 is 1.08 bits per heavy atom. The summed E-state index contributed by atoms with van der Waals surface area (Å²) in [5.41, 5.74) is -0.852. The summed E-state index contributed by atoms with van der Waals surface area (Å²) in [5, 5.41) is 2.88. The normalized spacial score (nSPS) is 11.5. The highest BCUT2D eigenvalue weighted by molar-refractivity contribution is 9.10. The number of halogens is 4. The van der Waals surface area contributed by atoms with Gasteiger partial charge in [0.25, 0.3) is 5.91 Å². The van der Waals surface area contributed by atoms with Gasteiger partial charge in [0.2, 0.25) is 5.56 Å². The summed E-state index contributed by atoms with van der Waals surface area (Å²) in [4.78, 5) is 26.8. The molecule has 3 aromatic rings. The lowest BCUT2D eigenvalue weighted by molar-refractivity contribution is -0.137. The number of aromatic nitrogens is 1. The van der Waals surface area contributed by atoms with Crippen LogP contribution >= 0.6 is 15.9 Å². The summed E-state index contributed by atoms with van der Waals surface area (Å²) in [6.07, 6.45) is -4.51. The average molecular weight is 411 g/mol. The Kier molecular flexibility index (Phi) is 4.38. The molecule has 1 amide bonds. The Bertz CT molecular complexity index is 1030. The summed E-state index contributed by atoms with van der Waals surface area (Å²) < 4.78 is 39.0. The molecule has 0 unspecified atom stereocenters. The van der Waals surface area contributed by atoms with Gasteiger partial charge in [-0.2, -0.15) is 13.2 Å². The Labute approximate surface area is 147 Å². The van der Waals surface area contributed by atoms with Gasteiger partial charge in [0.05, 0.1) is 16.6 Å². The van der Waals surface area contributed by atoms with Crippen molar-refractivity contribution < 1.29 is 18.0 Å². The molecule has 0 radical (unpaired) electrons. The zero-order valence-electron chi connectivity index (χ0n) is 12.4. The molecule has 4 nitrogen and oxygen atoms in total. The molecular weight excluding hydrogens is 401 g/mol. The minimum absolute atomic E-state index is 0.00892. The number of aromatic amines is 1. The Hall–Kier alpha value is -2.61. The number of nitrogens with one attached hydrogen (secondary N) is 2. The largest absolute Gasteiger partial charge is 0.416 e. The van der Waals surface area contributed by atoms with Crippen LogP contribution in [0.2, 0.25) is 0 Å². The molecule has 0 spiro atoms. The summed E-state index contributed by atoms with van der Waals surface area (Å²) in [5.74, 6) is -0.669. The number of amides is 1. The zero-order chi connectivity index (χ0) is 18.2. The van der Waals surface area contributed by atoms with E-state index in [0.29, 0.717) is 15.4 Å². The van der Waals surface area contributed by atoms with Crippen LogP contribution in [-0.4, -0.2) is 10.9 Å². The van der Waals surface area contributed by atoms with Crippen molar-refractivity contribution in [1.82, 2.24) is 4.98 Å². The number of H-pyrrole nitrogens is 1. The van der Waals surface area contributed by atoms with E-state index in [4.69, 9.17) is 0 Å². The van der Waals surface area contributed by atoms with Gasteiger partial charge < -0.3 is 10.3 Å². The van der Waals surface area contributed by atoms with Crippen LogP contribution in [0, 0.1) is 0 Å². The van der Waals surface area contributed by atoms with Gasteiger partial charge in [0, 0.05) is 21.6 Å². The second-order valence-corrected chi connectivity index (χ2v) is 6.19. The number of pyridine rings is 1. The van der Waals surface area contributed by atoms with Gasteiger partial charge in [0.1, 0.15) is 0 Å². The predicted molar refractivity (Wildman–Crippen MR) is 91.7 cm³/mol. The summed E-state index contributed by atoms with van der Waals surface area (Å²) in [6.45, 7) is 0. The number of carbonyl (C=O) groups excluding carboxylic acids is 1. The Balaban J connectivity index is 2.00. The zero-order valence-corrected chi connectivity index (χ0v) is 14.0. The molecule has 0 saturated heterocycles. The molecule has 0 saturated carbocycles. The standard InChI is InChI=1S/C17H10BrF3N2O2/c18-10-4-5-12-13(8-15(24)23-14(12)7-10)16(25)22-11-3-1-2-9(6-11)17(19,20)21/h1-8H,(H,22,25)(H,23,24). The molecule has 2 N–H and O–H groups in total. The van der Waals surface area contributed by atoms with Gasteiger partial charge in [0.15, 0.2) is 0 Å². The molecule has 8 heteroatoms. The minimum Gasteiger partial charge on any atom is -0.322 e. The summed E-state index contributed by atoms with van der Waals surface area (Å²) >= 11 is 3.27. The third-order valence-corrected chi connectivity index (χ3v) is 3.99. The predicted octanol–water partition coefficient (Wildman–Crippen LogP) is 4.56. The van der Waals surface area contributed by atoms with E-state index in [1.807, 2.05) is 0 Å². The quantitative estimate of drug-likeness (QED) is 0.650. The highest BCUT2D eigenvalue weighted by atomic mass is 79.9. The molecule has 0 bridgehead atoms. The molecule has 25 heavy (non-hydrogen) atoms. The van der Waals surface area contributed by atoms with Crippen molar-refractivity contribution >= 4 is 38.4 Å². The van der Waals surface area contributed by atoms with Gasteiger partial charge in [-0.3, -0.25) is 9.59 Å². The minimum atomic E-state index is -4.51. The molecular formula is C17H10BrF3N2O2. The second kappa shape index (κ2) is 6.36. The number of hydrogen-bond acceptors (Lipinski definition) is 2. The SMILES string of the molecule is O=C(Nc1cccc(C(F)(F)F)c1)c1cc(=O)[nH]c2cc(Br)ccc12. The molecule has 0 fully saturated rings. The third-order valence-electron chi connectivity index (χ3n) is 3.50. The molecule has 0 aliphatic heterocycles. The van der Waals surface area contributed by atoms with E-state index in [9.17, 15) is 22.8 Å². The van der Waals surface area contributed by atoms with Crippen LogP contribution < -0.4 is 10.9 Å². The fraction of sp³-hybridized carbons (Fsp3) is 0.0588. The van der Waals surface area contributed by atoms with Gasteiger partial charge in [-0.05, 0) is 30.3 Å². The molecule has 1 aromatic heterocycles. The lowest BCUT2D eigenvalue weighted by Crippen LogP contribution is -2.17. The highest BCUT2D eigenvalue weighted by Gasteiger charge is 2.30. The number of carbonyl (C=O) groups is 1. The fourth-order valence-electron chi connectivity index (χ4n) is 2.39. The monoisotopic (exact) mass is 410 g/mol. The van der Waals surface area contributed by atoms with Crippen molar-refractivity contribution in [3.05, 3.63) is 74.5 Å². The average Bonchev–Trinajstić information content (AvgIpc) is 2.53. The topological polar surface area (TPSA) is 62.0 Å². The smallest absolute Gasteiger partial charge is 0.322 e. The first-order valence-electron chi connectivity index (χ1n) is 7.05. The van der Waals surface area contributed by atoms with E-state index in [0.717, 1.165) is 18.2 Å². The van der Waals surface area contributed by atoms with Crippen LogP contribution in [0.1, 0.15) is 15.9 Å². The lowest BCUT2D eigenvalue weighted by atomic mass is 10.1. The Morgan fingerprint density at radius 3 is 2.56 bits per heavy atom. The summed E-state index contributed by atoms with van der Waals surface area (Å²) in [6, 6.07) is 10.4. The fourth-order valence-corrected chi connectivity index (χ4v) is 2.75. The van der Waals surface area contributed by atoms with Crippen molar-refractivity contribution in [3.8, 4) is 0 Å². The van der Waals surface area contributed by atoms with Crippen LogP contribution in [0.15, 0.2) is 57.8 Å². The molecule has 1 heterocycles. The van der Waals surface area contributed by atoms with Crippen molar-refractivity contribution in [3.63, 3.8) is 0 Å². The van der Waals surface area contributed by atoms with Crippen molar-refractivity contribution in [2.45, 2.75) is 6.18 Å². The van der Waals surface area contributed by atoms with Crippen molar-refractivity contribution in [2.24, 2.45) is 0 Å². The number of fused-ring (bicyclic) bond motifs is 1. The maximum atomic E-state index is 12.8. The first-order valence-corrected chi connectivity index (χ1v) is 7.84. The van der Waals surface area contributed by atoms with Crippen LogP contribution in [0.25, 0.3) is 10.9 Å². The number of benzene rings is 2. The molecule has 128 valence electrons. The maximum Gasteiger partial charge on any atom is 0.416 e. The lowest BCUT2D eigenvalue weighted by Gasteiger charge is -2.11. The first kappa shape index (κ1) is 17.2. The number of rotatable bonds is 2. The Morgan fingerprint density at radius 2 is 1.84 bits per heavy atom. The summed E-state index contributed by atoms with van der Waals surface area (Å²) in [7, 11) is 0. The van der Waals surface area contributed by atoms with Crippen molar-refractivity contribution in [2.75, 3.05) is 5.32 Å². The van der Waals surface area contributed by atoms with Gasteiger partial charge >= 0.3 is 6.18 Å². The van der Waals surface area contributed by atoms with Gasteiger partial charge in [-0.25, -0.2) is 0 Å². The van der Waals surface area contributed by atoms with E-state index in [1.54, 1.807) is 18.2 Å². The van der Waals surface area contributed by atoms with Crippen LogP contribution in [-0.2, 0) is 6.18 Å². The molecule has 3 rings (SSSR count). The number of anilines is 1. The third kappa shape index (κ3) is 3.74. The second-order valence-electron chi connectivity index (χ2n) is 5.27. The molecule has 2 aromatic carbocycles. The van der Waals surface area contributed by atoms with E-state index in [2.05, 4.69) is 26.2 Å². The molecule has 0 atom stereocenters. The molecule has 0 aliphatic rings. The van der Waals surface area contributed by atoms with E-state index >= 15 is 0 Å². The van der Waals surface area contributed by atoms with Crippen LogP contribution in [0.3, 0.4) is 0 Å². The molecule has 0 aliphatic carbocycles. The van der Waals surface area contributed by atoms with Crippen LogP contribution in [0.4, 0.5) is 18.9 Å². The highest BCUT2D eigenvalue weighted by Crippen LogP contribution is 2.31. The van der Waals surface area contributed by atoms with Crippen molar-refractivity contribution in [1.29, 1.82) is 0 Å².